The van der Waals surface area contributed by atoms with E-state index in [1.54, 1.807) is 26.1 Å². The lowest BCUT2D eigenvalue weighted by Gasteiger charge is -2.19. The van der Waals surface area contributed by atoms with Gasteiger partial charge in [0, 0.05) is 45.1 Å². The Morgan fingerprint density at radius 3 is 2.44 bits per heavy atom. The summed E-state index contributed by atoms with van der Waals surface area (Å²) >= 11 is 0. The van der Waals surface area contributed by atoms with E-state index < -0.39 is 29.8 Å². The zero-order valence-electron chi connectivity index (χ0n) is 24.1. The summed E-state index contributed by atoms with van der Waals surface area (Å²) < 4.78 is 43.2. The number of hydrogen-bond donors (Lipinski definition) is 4. The average molecular weight is 590 g/mol. The predicted molar refractivity (Wildman–Crippen MR) is 147 cm³/mol. The molecule has 1 aromatic rings. The zero-order chi connectivity index (χ0) is 30.9. The topological polar surface area (TPSA) is 168 Å². The van der Waals surface area contributed by atoms with Crippen LogP contribution >= 0.6 is 0 Å². The zero-order valence-corrected chi connectivity index (χ0v) is 24.1. The van der Waals surface area contributed by atoms with Gasteiger partial charge in [0.1, 0.15) is 17.1 Å². The third kappa shape index (κ3) is 15.5. The van der Waals surface area contributed by atoms with E-state index in [-0.39, 0.29) is 31.0 Å². The van der Waals surface area contributed by atoms with Gasteiger partial charge in [-0.2, -0.15) is 18.3 Å². The lowest BCUT2D eigenvalue weighted by atomic mass is 10.2. The molecule has 0 bridgehead atoms. The van der Waals surface area contributed by atoms with Crippen LogP contribution in [0.15, 0.2) is 28.8 Å². The van der Waals surface area contributed by atoms with Gasteiger partial charge in [-0.3, -0.25) is 9.69 Å². The fourth-order valence-corrected chi connectivity index (χ4v) is 3.19. The van der Waals surface area contributed by atoms with Crippen LogP contribution in [-0.4, -0.2) is 70.7 Å². The number of aromatic nitrogens is 2. The Morgan fingerprint density at radius 2 is 1.78 bits per heavy atom. The normalized spacial score (nSPS) is 12.1. The van der Waals surface area contributed by atoms with E-state index >= 15 is 0 Å². The van der Waals surface area contributed by atoms with Gasteiger partial charge in [0.2, 0.25) is 0 Å². The van der Waals surface area contributed by atoms with Crippen molar-refractivity contribution >= 4 is 29.5 Å². The molecule has 0 saturated heterocycles. The number of carbonyl (C=O) groups excluding carboxylic acids is 3. The van der Waals surface area contributed by atoms with E-state index in [1.165, 1.54) is 28.2 Å². The van der Waals surface area contributed by atoms with Crippen molar-refractivity contribution < 1.29 is 32.3 Å². The van der Waals surface area contributed by atoms with Crippen LogP contribution in [0.5, 0.6) is 0 Å². The smallest absolute Gasteiger partial charge is 0.444 e. The molecule has 13 nitrogen and oxygen atoms in total. The molecule has 1 rings (SSSR count). The minimum atomic E-state index is -4.91. The number of anilines is 1. The minimum Gasteiger partial charge on any atom is -0.444 e. The van der Waals surface area contributed by atoms with Gasteiger partial charge in [0.25, 0.3) is 0 Å². The molecule has 0 saturated carbocycles. The standard InChI is InChI=1S/C25H42F3N9O4/c1-5-6-7-8-15-36(17-14-30-11-9-12-31-21(38)25(26,27)28)22(39)35-34-19-18-33-37(20(19)29)16-10-13-32-23(40)41-24(2,3)4/h14,17-18,30H,5-13,15-16,29H2,1-4H3,(H,31,38)(H,32,40)/b17-14-,35-34+. The lowest BCUT2D eigenvalue weighted by molar-refractivity contribution is -0.173. The number of hydrogen-bond acceptors (Lipinski definition) is 8. The second kappa shape index (κ2) is 17.8. The Hall–Kier alpha value is -3.85. The molecule has 41 heavy (non-hydrogen) atoms. The number of amides is 4. The van der Waals surface area contributed by atoms with Gasteiger partial charge in [-0.15, -0.1) is 5.11 Å². The second-order valence-corrected chi connectivity index (χ2v) is 10.0. The lowest BCUT2D eigenvalue weighted by Crippen LogP contribution is -2.37. The van der Waals surface area contributed by atoms with Crippen LogP contribution in [0.4, 0.5) is 34.3 Å². The molecule has 0 aliphatic rings. The summed E-state index contributed by atoms with van der Waals surface area (Å²) in [4.78, 5) is 36.6. The molecule has 1 heterocycles. The van der Waals surface area contributed by atoms with Crippen LogP contribution in [0.25, 0.3) is 0 Å². The Kier molecular flexibility index (Phi) is 15.2. The number of rotatable bonds is 16. The molecule has 0 aromatic carbocycles. The third-order valence-electron chi connectivity index (χ3n) is 5.23. The first-order chi connectivity index (χ1) is 19.2. The molecule has 1 aromatic heterocycles. The number of carbonyl (C=O) groups is 3. The molecule has 0 radical (unpaired) electrons. The van der Waals surface area contributed by atoms with Gasteiger partial charge in [-0.25, -0.2) is 14.3 Å². The number of halogens is 3. The number of urea groups is 1. The Morgan fingerprint density at radius 1 is 1.07 bits per heavy atom. The van der Waals surface area contributed by atoms with E-state index in [1.807, 2.05) is 0 Å². The summed E-state index contributed by atoms with van der Waals surface area (Å²) in [7, 11) is 0. The highest BCUT2D eigenvalue weighted by atomic mass is 19.4. The van der Waals surface area contributed by atoms with Crippen LogP contribution in [0.3, 0.4) is 0 Å². The number of nitrogens with two attached hydrogens (primary N) is 1. The highest BCUT2D eigenvalue weighted by Crippen LogP contribution is 2.22. The maximum absolute atomic E-state index is 12.7. The van der Waals surface area contributed by atoms with Gasteiger partial charge in [-0.1, -0.05) is 31.3 Å². The highest BCUT2D eigenvalue weighted by Gasteiger charge is 2.38. The number of nitrogens with one attached hydrogen (secondary N) is 3. The van der Waals surface area contributed by atoms with Crippen molar-refractivity contribution in [1.29, 1.82) is 0 Å². The molecule has 0 spiro atoms. The van der Waals surface area contributed by atoms with Crippen LogP contribution < -0.4 is 21.7 Å². The minimum absolute atomic E-state index is 0.150. The number of ether oxygens (including phenoxy) is 1. The maximum atomic E-state index is 12.7. The number of nitrogens with zero attached hydrogens (tertiary/aromatic N) is 5. The fraction of sp³-hybridized carbons (Fsp3) is 0.680. The number of alkyl halides is 3. The number of unbranched alkanes of at least 4 members (excludes halogenated alkanes) is 3. The number of alkyl carbamates (subject to hydrolysis) is 1. The largest absolute Gasteiger partial charge is 0.471 e. The monoisotopic (exact) mass is 589 g/mol. The first-order valence-corrected chi connectivity index (χ1v) is 13.5. The summed E-state index contributed by atoms with van der Waals surface area (Å²) in [5.74, 6) is -1.77. The predicted octanol–water partition coefficient (Wildman–Crippen LogP) is 4.60. The summed E-state index contributed by atoms with van der Waals surface area (Å²) in [6, 6.07) is -0.634. The molecular formula is C25H42F3N9O4. The van der Waals surface area contributed by atoms with Crippen molar-refractivity contribution in [1.82, 2.24) is 30.6 Å². The summed E-state index contributed by atoms with van der Waals surface area (Å²) in [6.45, 7) is 8.64. The summed E-state index contributed by atoms with van der Waals surface area (Å²) in [5.41, 5.74) is 5.71. The second-order valence-electron chi connectivity index (χ2n) is 10.0. The molecule has 0 aliphatic heterocycles. The number of azo groups is 1. The van der Waals surface area contributed by atoms with Crippen LogP contribution in [0.2, 0.25) is 0 Å². The van der Waals surface area contributed by atoms with Crippen LogP contribution in [-0.2, 0) is 16.1 Å². The summed E-state index contributed by atoms with van der Waals surface area (Å²) in [6.07, 6.45) is 3.38. The highest BCUT2D eigenvalue weighted by molar-refractivity contribution is 5.81. The van der Waals surface area contributed by atoms with Crippen molar-refractivity contribution in [3.8, 4) is 0 Å². The molecular weight excluding hydrogens is 547 g/mol. The van der Waals surface area contributed by atoms with E-state index in [2.05, 4.69) is 32.9 Å². The van der Waals surface area contributed by atoms with Gasteiger partial charge in [-0.05, 0) is 40.0 Å². The van der Waals surface area contributed by atoms with E-state index in [9.17, 15) is 27.6 Å². The fourth-order valence-electron chi connectivity index (χ4n) is 3.19. The van der Waals surface area contributed by atoms with Gasteiger partial charge in [0.05, 0.1) is 6.20 Å². The van der Waals surface area contributed by atoms with Gasteiger partial charge in [0.15, 0.2) is 0 Å². The van der Waals surface area contributed by atoms with Crippen molar-refractivity contribution in [3.05, 3.63) is 18.6 Å². The van der Waals surface area contributed by atoms with E-state index in [0.29, 0.717) is 26.1 Å². The summed E-state index contributed by atoms with van der Waals surface area (Å²) in [5, 5.41) is 19.2. The maximum Gasteiger partial charge on any atom is 0.471 e. The molecule has 0 fully saturated rings. The van der Waals surface area contributed by atoms with Crippen molar-refractivity contribution in [3.63, 3.8) is 0 Å². The van der Waals surface area contributed by atoms with Gasteiger partial charge < -0.3 is 26.4 Å². The van der Waals surface area contributed by atoms with E-state index in [4.69, 9.17) is 10.5 Å². The van der Waals surface area contributed by atoms with Crippen molar-refractivity contribution in [2.24, 2.45) is 10.2 Å². The number of nitrogen functional groups attached to an aromatic ring is 1. The SMILES string of the molecule is CCCCCCN(/C=C\NCCCNC(=O)C(F)(F)F)C(=O)/N=N/c1cnn(CCCNC(=O)OC(C)(C)C)c1N. The van der Waals surface area contributed by atoms with Crippen molar-refractivity contribution in [2.75, 3.05) is 31.9 Å². The first kappa shape index (κ1) is 35.2. The van der Waals surface area contributed by atoms with Gasteiger partial charge >= 0.3 is 24.2 Å². The average Bonchev–Trinajstić information content (AvgIpc) is 3.22. The first-order valence-electron chi connectivity index (χ1n) is 13.5. The quantitative estimate of drug-likeness (QED) is 0.161. The molecule has 0 unspecified atom stereocenters. The van der Waals surface area contributed by atoms with Crippen LogP contribution in [0, 0.1) is 0 Å². The molecule has 232 valence electrons. The Bertz CT molecular complexity index is 1020. The van der Waals surface area contributed by atoms with Crippen LogP contribution in [0.1, 0.15) is 66.2 Å². The number of aryl methyl sites for hydroxylation is 1. The molecule has 4 amide bonds. The Labute approximate surface area is 238 Å². The molecule has 16 heteroatoms. The van der Waals surface area contributed by atoms with E-state index in [0.717, 1.165) is 25.7 Å². The third-order valence-corrected chi connectivity index (χ3v) is 5.23. The van der Waals surface area contributed by atoms with Crippen molar-refractivity contribution in [2.45, 2.75) is 84.5 Å². The molecule has 0 aliphatic carbocycles. The molecule has 5 N–H and O–H groups in total. The molecule has 0 atom stereocenters. The Balaban J connectivity index is 2.61.